The monoisotopic (exact) mass is 271 g/mol. The summed E-state index contributed by atoms with van der Waals surface area (Å²) < 4.78 is 7.04. The van der Waals surface area contributed by atoms with Gasteiger partial charge in [0.25, 0.3) is 0 Å². The Hall–Kier alpha value is -2.10. The third-order valence-corrected chi connectivity index (χ3v) is 3.04. The van der Waals surface area contributed by atoms with Gasteiger partial charge in [-0.3, -0.25) is 0 Å². The number of aromatic nitrogens is 2. The topological polar surface area (TPSA) is 39.4 Å². The molecule has 4 heteroatoms. The smallest absolute Gasteiger partial charge is 0.155 e. The molecule has 0 unspecified atom stereocenters. The highest BCUT2D eigenvalue weighted by Crippen LogP contribution is 2.28. The van der Waals surface area contributed by atoms with Crippen molar-refractivity contribution in [2.75, 3.05) is 7.11 Å². The summed E-state index contributed by atoms with van der Waals surface area (Å²) in [7, 11) is 1.66. The lowest BCUT2D eigenvalue weighted by Crippen LogP contribution is -2.12. The van der Waals surface area contributed by atoms with E-state index in [-0.39, 0.29) is 5.41 Å². The van der Waals surface area contributed by atoms with Crippen molar-refractivity contribution in [3.05, 3.63) is 36.0 Å². The highest BCUT2D eigenvalue weighted by molar-refractivity contribution is 5.60. The van der Waals surface area contributed by atoms with E-state index in [2.05, 4.69) is 30.9 Å². The Morgan fingerprint density at radius 3 is 2.35 bits per heavy atom. The van der Waals surface area contributed by atoms with Crippen molar-refractivity contribution >= 4 is 12.0 Å². The van der Waals surface area contributed by atoms with E-state index >= 15 is 0 Å². The summed E-state index contributed by atoms with van der Waals surface area (Å²) in [6.07, 6.45) is 1.78. The first kappa shape index (κ1) is 14.3. The lowest BCUT2D eigenvalue weighted by molar-refractivity contribution is 0.414. The number of benzene rings is 1. The average Bonchev–Trinajstić information content (AvgIpc) is 2.83. The van der Waals surface area contributed by atoms with Gasteiger partial charge in [0.2, 0.25) is 0 Å². The zero-order valence-electron chi connectivity index (χ0n) is 12.7. The number of methoxy groups -OCH3 is 1. The zero-order chi connectivity index (χ0) is 14.8. The molecule has 0 aliphatic heterocycles. The van der Waals surface area contributed by atoms with E-state index in [0.29, 0.717) is 0 Å². The number of hydrogen-bond acceptors (Lipinski definition) is 3. The molecule has 0 fully saturated rings. The Kier molecular flexibility index (Phi) is 3.93. The van der Waals surface area contributed by atoms with E-state index in [0.717, 1.165) is 22.9 Å². The van der Waals surface area contributed by atoms with Crippen molar-refractivity contribution in [3.8, 4) is 11.4 Å². The first-order chi connectivity index (χ1) is 9.45. The Morgan fingerprint density at radius 1 is 1.20 bits per heavy atom. The van der Waals surface area contributed by atoms with Crippen LogP contribution in [0.25, 0.3) is 5.69 Å². The number of aliphatic imine (C=N–C) groups is 1. The quantitative estimate of drug-likeness (QED) is 0.794. The number of rotatable bonds is 3. The van der Waals surface area contributed by atoms with Gasteiger partial charge in [0.15, 0.2) is 5.82 Å². The van der Waals surface area contributed by atoms with Crippen LogP contribution in [-0.2, 0) is 5.41 Å². The Balaban J connectivity index is 2.50. The molecular weight excluding hydrogens is 250 g/mol. The first-order valence-electron chi connectivity index (χ1n) is 6.69. The summed E-state index contributed by atoms with van der Waals surface area (Å²) in [5.41, 5.74) is 1.99. The molecule has 0 aliphatic carbocycles. The third kappa shape index (κ3) is 2.90. The Bertz CT molecular complexity index is 604. The lowest BCUT2D eigenvalue weighted by atomic mass is 9.92. The van der Waals surface area contributed by atoms with Crippen molar-refractivity contribution in [1.82, 2.24) is 9.78 Å². The van der Waals surface area contributed by atoms with Crippen LogP contribution in [0.4, 0.5) is 5.82 Å². The van der Waals surface area contributed by atoms with Crippen LogP contribution in [0, 0.1) is 0 Å². The lowest BCUT2D eigenvalue weighted by Gasteiger charge is -2.14. The third-order valence-electron chi connectivity index (χ3n) is 3.04. The molecule has 0 N–H and O–H groups in total. The van der Waals surface area contributed by atoms with Gasteiger partial charge in [0.05, 0.1) is 18.5 Å². The van der Waals surface area contributed by atoms with E-state index in [1.165, 1.54) is 0 Å². The fourth-order valence-electron chi connectivity index (χ4n) is 1.88. The predicted octanol–water partition coefficient (Wildman–Crippen LogP) is 3.90. The summed E-state index contributed by atoms with van der Waals surface area (Å²) in [5, 5.41) is 4.69. The number of nitrogens with zero attached hydrogens (tertiary/aromatic N) is 3. The van der Waals surface area contributed by atoms with Crippen LogP contribution in [-0.4, -0.2) is 23.1 Å². The molecule has 20 heavy (non-hydrogen) atoms. The average molecular weight is 271 g/mol. The normalized spacial score (nSPS) is 12.1. The van der Waals surface area contributed by atoms with Crippen molar-refractivity contribution in [1.29, 1.82) is 0 Å². The minimum Gasteiger partial charge on any atom is -0.497 e. The maximum Gasteiger partial charge on any atom is 0.155 e. The van der Waals surface area contributed by atoms with Crippen LogP contribution in [0.3, 0.4) is 0 Å². The molecule has 1 aromatic carbocycles. The molecule has 2 rings (SSSR count). The highest BCUT2D eigenvalue weighted by atomic mass is 16.5. The molecule has 106 valence electrons. The standard InChI is InChI=1S/C16H21N3O/c1-6-17-15-11-14(16(2,3)4)18-19(15)12-7-9-13(20-5)10-8-12/h6-11H,1-5H3. The van der Waals surface area contributed by atoms with Gasteiger partial charge in [-0.1, -0.05) is 20.8 Å². The largest absolute Gasteiger partial charge is 0.497 e. The fraction of sp³-hybridized carbons (Fsp3) is 0.375. The van der Waals surface area contributed by atoms with Crippen LogP contribution in [0.1, 0.15) is 33.4 Å². The summed E-state index contributed by atoms with van der Waals surface area (Å²) in [5.74, 6) is 1.67. The Morgan fingerprint density at radius 2 is 1.85 bits per heavy atom. The molecule has 0 amide bonds. The summed E-state index contributed by atoms with van der Waals surface area (Å²) in [4.78, 5) is 4.40. The summed E-state index contributed by atoms with van der Waals surface area (Å²) >= 11 is 0. The molecule has 0 saturated heterocycles. The Labute approximate surface area is 120 Å². The van der Waals surface area contributed by atoms with E-state index in [1.807, 2.05) is 41.9 Å². The molecule has 0 bridgehead atoms. The van der Waals surface area contributed by atoms with Crippen molar-refractivity contribution in [2.45, 2.75) is 33.1 Å². The highest BCUT2D eigenvalue weighted by Gasteiger charge is 2.20. The van der Waals surface area contributed by atoms with Gasteiger partial charge in [-0.15, -0.1) is 0 Å². The second kappa shape index (κ2) is 5.49. The van der Waals surface area contributed by atoms with Crippen molar-refractivity contribution in [2.24, 2.45) is 4.99 Å². The second-order valence-corrected chi connectivity index (χ2v) is 5.63. The van der Waals surface area contributed by atoms with Crippen LogP contribution < -0.4 is 4.74 Å². The van der Waals surface area contributed by atoms with Crippen molar-refractivity contribution in [3.63, 3.8) is 0 Å². The molecular formula is C16H21N3O. The van der Waals surface area contributed by atoms with Gasteiger partial charge in [-0.25, -0.2) is 9.67 Å². The van der Waals surface area contributed by atoms with E-state index < -0.39 is 0 Å². The first-order valence-corrected chi connectivity index (χ1v) is 6.69. The molecule has 1 heterocycles. The minimum atomic E-state index is -0.00423. The van der Waals surface area contributed by atoms with Crippen LogP contribution in [0.2, 0.25) is 0 Å². The molecule has 1 aromatic heterocycles. The maximum absolute atomic E-state index is 5.18. The maximum atomic E-state index is 5.18. The number of ether oxygens (including phenoxy) is 1. The van der Waals surface area contributed by atoms with E-state index in [4.69, 9.17) is 4.74 Å². The summed E-state index contributed by atoms with van der Waals surface area (Å²) in [6.45, 7) is 8.34. The van der Waals surface area contributed by atoms with Gasteiger partial charge < -0.3 is 4.74 Å². The SMILES string of the molecule is CC=Nc1cc(C(C)(C)C)nn1-c1ccc(OC)cc1. The van der Waals surface area contributed by atoms with E-state index in [1.54, 1.807) is 13.3 Å². The molecule has 0 aliphatic rings. The van der Waals surface area contributed by atoms with Gasteiger partial charge in [-0.05, 0) is 31.2 Å². The molecule has 0 atom stereocenters. The molecule has 0 saturated carbocycles. The number of hydrogen-bond donors (Lipinski definition) is 0. The summed E-state index contributed by atoms with van der Waals surface area (Å²) in [6, 6.07) is 9.84. The van der Waals surface area contributed by atoms with Crippen LogP contribution in [0.15, 0.2) is 35.3 Å². The molecule has 4 nitrogen and oxygen atoms in total. The van der Waals surface area contributed by atoms with Crippen LogP contribution in [0.5, 0.6) is 5.75 Å². The van der Waals surface area contributed by atoms with Crippen LogP contribution >= 0.6 is 0 Å². The van der Waals surface area contributed by atoms with E-state index in [9.17, 15) is 0 Å². The molecule has 0 spiro atoms. The predicted molar refractivity (Wildman–Crippen MR) is 82.6 cm³/mol. The van der Waals surface area contributed by atoms with Gasteiger partial charge in [0.1, 0.15) is 5.75 Å². The molecule has 0 radical (unpaired) electrons. The molecule has 2 aromatic rings. The fourth-order valence-corrected chi connectivity index (χ4v) is 1.88. The second-order valence-electron chi connectivity index (χ2n) is 5.63. The minimum absolute atomic E-state index is 0.00423. The zero-order valence-corrected chi connectivity index (χ0v) is 12.7. The van der Waals surface area contributed by atoms with Gasteiger partial charge in [-0.2, -0.15) is 5.10 Å². The van der Waals surface area contributed by atoms with Crippen molar-refractivity contribution < 1.29 is 4.74 Å². The van der Waals surface area contributed by atoms with Gasteiger partial charge in [0, 0.05) is 17.7 Å². The van der Waals surface area contributed by atoms with Gasteiger partial charge >= 0.3 is 0 Å².